The second-order valence-electron chi connectivity index (χ2n) is 11.3. The number of carbonyl (C=O) groups excluding carboxylic acids is 2. The van der Waals surface area contributed by atoms with Gasteiger partial charge in [0.25, 0.3) is 0 Å². The predicted octanol–water partition coefficient (Wildman–Crippen LogP) is 6.52. The molecule has 0 aliphatic carbocycles. The number of ketones is 1. The Kier molecular flexibility index (Phi) is 9.83. The lowest BCUT2D eigenvalue weighted by molar-refractivity contribution is -0.121. The average Bonchev–Trinajstić information content (AvgIpc) is 3.19. The first-order valence-electron chi connectivity index (χ1n) is 13.0. The van der Waals surface area contributed by atoms with Gasteiger partial charge in [-0.2, -0.15) is 0 Å². The summed E-state index contributed by atoms with van der Waals surface area (Å²) in [7, 11) is 0. The number of Topliss-reactive ketones (excluding diaryl/α,β-unsaturated/α-hetero) is 1. The molecule has 1 amide bonds. The van der Waals surface area contributed by atoms with Crippen LogP contribution in [0, 0.1) is 30.6 Å². The molecule has 1 aromatic carbocycles. The Morgan fingerprint density at radius 1 is 1.08 bits per heavy atom. The van der Waals surface area contributed by atoms with Gasteiger partial charge >= 0.3 is 0 Å². The average molecular weight is 513 g/mol. The summed E-state index contributed by atoms with van der Waals surface area (Å²) in [5.41, 5.74) is 9.45. The number of aryl methyl sites for hydroxylation is 3. The zero-order valence-corrected chi connectivity index (χ0v) is 24.1. The molecule has 1 aromatic heterocycles. The van der Waals surface area contributed by atoms with Gasteiger partial charge in [-0.25, -0.2) is 0 Å². The molecule has 5 nitrogen and oxygen atoms in total. The van der Waals surface area contributed by atoms with Crippen LogP contribution in [-0.4, -0.2) is 28.6 Å². The van der Waals surface area contributed by atoms with Gasteiger partial charge in [-0.05, 0) is 73.3 Å². The fourth-order valence-electron chi connectivity index (χ4n) is 4.73. The molecule has 198 valence electrons. The van der Waals surface area contributed by atoms with Crippen molar-refractivity contribution in [3.8, 4) is 0 Å². The Balaban J connectivity index is 2.38. The molecule has 2 rings (SSSR count). The summed E-state index contributed by atoms with van der Waals surface area (Å²) in [5, 5.41) is 18.7. The molecule has 1 heterocycles. The third-order valence-electron chi connectivity index (χ3n) is 7.65. The molecule has 2 aromatic rings. The van der Waals surface area contributed by atoms with Crippen LogP contribution >= 0.6 is 11.3 Å². The fourth-order valence-corrected chi connectivity index (χ4v) is 6.22. The van der Waals surface area contributed by atoms with Crippen LogP contribution in [0.25, 0.3) is 0 Å². The molecule has 2 atom stereocenters. The first-order chi connectivity index (χ1) is 16.7. The van der Waals surface area contributed by atoms with E-state index in [1.807, 2.05) is 6.92 Å². The predicted molar refractivity (Wildman–Crippen MR) is 150 cm³/mol. The molecule has 0 fully saturated rings. The van der Waals surface area contributed by atoms with E-state index in [9.17, 15) is 14.7 Å². The number of primary amides is 1. The summed E-state index contributed by atoms with van der Waals surface area (Å²) >= 11 is 1.47. The zero-order chi connectivity index (χ0) is 27.4. The number of nitrogens with two attached hydrogens (primary N) is 1. The van der Waals surface area contributed by atoms with Crippen molar-refractivity contribution in [2.24, 2.45) is 17.1 Å². The van der Waals surface area contributed by atoms with Gasteiger partial charge in [-0.3, -0.25) is 9.59 Å². The normalized spacial score (nSPS) is 13.9. The first-order valence-corrected chi connectivity index (χ1v) is 13.8. The van der Waals surface area contributed by atoms with Crippen molar-refractivity contribution in [1.29, 1.82) is 5.41 Å². The van der Waals surface area contributed by atoms with Gasteiger partial charge < -0.3 is 16.2 Å². The van der Waals surface area contributed by atoms with Crippen molar-refractivity contribution in [1.82, 2.24) is 0 Å². The monoisotopic (exact) mass is 512 g/mol. The highest BCUT2D eigenvalue weighted by Crippen LogP contribution is 2.44. The van der Waals surface area contributed by atoms with E-state index in [-0.39, 0.29) is 34.8 Å². The fraction of sp³-hybridized carbons (Fsp3) is 0.567. The summed E-state index contributed by atoms with van der Waals surface area (Å²) in [4.78, 5) is 26.2. The Labute approximate surface area is 221 Å². The molecular weight excluding hydrogens is 468 g/mol. The second-order valence-corrected chi connectivity index (χ2v) is 12.3. The maximum Gasteiger partial charge on any atom is 0.220 e. The number of amides is 1. The van der Waals surface area contributed by atoms with Crippen molar-refractivity contribution in [3.63, 3.8) is 0 Å². The standard InChI is InChI=1S/C30H44N2O3S/c1-9-30(10-2,22-13-11-21(18(3)15-22)12-14-24(33)29(6,7)8)25-17-19(4)27(36-25)26(34)23(31)16-20(5)28(32)35/h11,13,15,17,20,24,31,33H,9-10,12,14,16H2,1-8H3,(H2,32,35). The van der Waals surface area contributed by atoms with Crippen LogP contribution in [0.1, 0.15) is 104 Å². The topological polar surface area (TPSA) is 104 Å². The van der Waals surface area contributed by atoms with E-state index >= 15 is 0 Å². The second kappa shape index (κ2) is 11.8. The summed E-state index contributed by atoms with van der Waals surface area (Å²) in [6.45, 7) is 16.2. The van der Waals surface area contributed by atoms with E-state index < -0.39 is 11.8 Å². The maximum atomic E-state index is 13.1. The number of benzene rings is 1. The highest BCUT2D eigenvalue weighted by molar-refractivity contribution is 7.15. The number of carbonyl (C=O) groups is 2. The van der Waals surface area contributed by atoms with Crippen molar-refractivity contribution >= 4 is 28.7 Å². The third-order valence-corrected chi connectivity index (χ3v) is 9.09. The smallest absolute Gasteiger partial charge is 0.220 e. The van der Waals surface area contributed by atoms with Crippen LogP contribution in [0.3, 0.4) is 0 Å². The first kappa shape index (κ1) is 29.9. The lowest BCUT2D eigenvalue weighted by atomic mass is 9.73. The number of hydrogen-bond acceptors (Lipinski definition) is 5. The molecule has 36 heavy (non-hydrogen) atoms. The van der Waals surface area contributed by atoms with E-state index in [1.165, 1.54) is 28.0 Å². The number of thiophene rings is 1. The number of nitrogens with one attached hydrogen (secondary N) is 1. The van der Waals surface area contributed by atoms with Crippen LogP contribution in [0.2, 0.25) is 0 Å². The molecule has 4 N–H and O–H groups in total. The summed E-state index contributed by atoms with van der Waals surface area (Å²) < 4.78 is 0. The SMILES string of the molecule is CCC(CC)(c1ccc(CCC(O)C(C)(C)C)c(C)c1)c1cc(C)c(C(=O)C(=N)CC(C)C(N)=O)s1. The summed E-state index contributed by atoms with van der Waals surface area (Å²) in [5.74, 6) is -1.36. The van der Waals surface area contributed by atoms with Crippen molar-refractivity contribution in [3.05, 3.63) is 56.3 Å². The number of aliphatic hydroxyl groups excluding tert-OH is 1. The lowest BCUT2D eigenvalue weighted by Crippen LogP contribution is -2.27. The molecule has 0 saturated heterocycles. The Morgan fingerprint density at radius 2 is 1.69 bits per heavy atom. The quantitative estimate of drug-likeness (QED) is 0.222. The molecule has 6 heteroatoms. The van der Waals surface area contributed by atoms with Crippen LogP contribution in [-0.2, 0) is 16.6 Å². The van der Waals surface area contributed by atoms with Gasteiger partial charge in [-0.15, -0.1) is 11.3 Å². The summed E-state index contributed by atoms with van der Waals surface area (Å²) in [6.07, 6.45) is 3.03. The van der Waals surface area contributed by atoms with Crippen molar-refractivity contribution < 1.29 is 14.7 Å². The Bertz CT molecular complexity index is 1110. The molecule has 0 bridgehead atoms. The largest absolute Gasteiger partial charge is 0.393 e. The molecule has 0 spiro atoms. The van der Waals surface area contributed by atoms with E-state index in [2.05, 4.69) is 65.8 Å². The minimum absolute atomic E-state index is 0.0537. The highest BCUT2D eigenvalue weighted by Gasteiger charge is 2.34. The van der Waals surface area contributed by atoms with E-state index in [0.717, 1.165) is 36.1 Å². The van der Waals surface area contributed by atoms with Crippen LogP contribution < -0.4 is 5.73 Å². The van der Waals surface area contributed by atoms with Gasteiger partial charge in [0.1, 0.15) is 0 Å². The van der Waals surface area contributed by atoms with Gasteiger partial charge in [0.2, 0.25) is 11.7 Å². The Morgan fingerprint density at radius 3 is 2.19 bits per heavy atom. The van der Waals surface area contributed by atoms with E-state index in [0.29, 0.717) is 4.88 Å². The van der Waals surface area contributed by atoms with Gasteiger partial charge in [-0.1, -0.05) is 59.7 Å². The lowest BCUT2D eigenvalue weighted by Gasteiger charge is -2.32. The Hall–Kier alpha value is -2.31. The molecular formula is C30H44N2O3S. The number of hydrogen-bond donors (Lipinski definition) is 3. The van der Waals surface area contributed by atoms with Crippen LogP contribution in [0.5, 0.6) is 0 Å². The number of aliphatic hydroxyl groups is 1. The molecule has 0 radical (unpaired) electrons. The molecule has 0 aliphatic rings. The number of rotatable bonds is 12. The molecule has 0 aliphatic heterocycles. The van der Waals surface area contributed by atoms with Gasteiger partial charge in [0.15, 0.2) is 0 Å². The van der Waals surface area contributed by atoms with Crippen molar-refractivity contribution in [2.45, 2.75) is 99.0 Å². The van der Waals surface area contributed by atoms with Crippen LogP contribution in [0.15, 0.2) is 24.3 Å². The minimum atomic E-state index is -0.544. The molecule has 0 saturated carbocycles. The van der Waals surface area contributed by atoms with E-state index in [4.69, 9.17) is 11.1 Å². The van der Waals surface area contributed by atoms with Gasteiger partial charge in [0.05, 0.1) is 16.7 Å². The summed E-state index contributed by atoms with van der Waals surface area (Å²) in [6, 6.07) is 8.75. The van der Waals surface area contributed by atoms with E-state index in [1.54, 1.807) is 6.92 Å². The maximum absolute atomic E-state index is 13.1. The molecule has 2 unspecified atom stereocenters. The van der Waals surface area contributed by atoms with Crippen LogP contribution in [0.4, 0.5) is 0 Å². The minimum Gasteiger partial charge on any atom is -0.393 e. The highest BCUT2D eigenvalue weighted by atomic mass is 32.1. The zero-order valence-electron chi connectivity index (χ0n) is 23.2. The van der Waals surface area contributed by atoms with Crippen molar-refractivity contribution in [2.75, 3.05) is 0 Å². The third kappa shape index (κ3) is 6.51. The van der Waals surface area contributed by atoms with Gasteiger partial charge in [0, 0.05) is 22.6 Å².